The molecule has 8 nitrogen and oxygen atoms in total. The third kappa shape index (κ3) is 5.89. The molecule has 1 aliphatic rings. The summed E-state index contributed by atoms with van der Waals surface area (Å²) in [4.78, 5) is 15.0. The van der Waals surface area contributed by atoms with Gasteiger partial charge in [0.2, 0.25) is 15.9 Å². The number of carbonyl (C=O) groups is 1. The van der Waals surface area contributed by atoms with Crippen LogP contribution in [0.5, 0.6) is 0 Å². The highest BCUT2D eigenvalue weighted by molar-refractivity contribution is 7.98. The molecule has 2 heterocycles. The van der Waals surface area contributed by atoms with Gasteiger partial charge in [0.1, 0.15) is 10.3 Å². The van der Waals surface area contributed by atoms with E-state index in [1.807, 2.05) is 30.5 Å². The molecule has 1 N–H and O–H groups in total. The van der Waals surface area contributed by atoms with Crippen LogP contribution in [0.25, 0.3) is 10.8 Å². The van der Waals surface area contributed by atoms with Crippen molar-refractivity contribution in [3.63, 3.8) is 0 Å². The number of thiophene rings is 1. The van der Waals surface area contributed by atoms with Gasteiger partial charge in [-0.05, 0) is 52.8 Å². The zero-order valence-electron chi connectivity index (χ0n) is 19.2. The van der Waals surface area contributed by atoms with Crippen LogP contribution in [-0.4, -0.2) is 76.2 Å². The van der Waals surface area contributed by atoms with Crippen LogP contribution >= 0.6 is 23.1 Å². The average Bonchev–Trinajstić information content (AvgIpc) is 3.42. The molecule has 2 aromatic carbocycles. The number of hydrogen-bond acceptors (Lipinski definition) is 7. The van der Waals surface area contributed by atoms with E-state index < -0.39 is 26.1 Å². The van der Waals surface area contributed by atoms with E-state index in [2.05, 4.69) is 4.72 Å². The van der Waals surface area contributed by atoms with Gasteiger partial charge in [-0.25, -0.2) is 16.8 Å². The Morgan fingerprint density at radius 3 is 2.37 bits per heavy atom. The fourth-order valence-corrected chi connectivity index (χ4v) is 8.26. The third-order valence-electron chi connectivity index (χ3n) is 5.88. The molecule has 4 rings (SSSR count). The fraction of sp³-hybridized carbons (Fsp3) is 0.348. The molecule has 1 unspecified atom stereocenters. The smallest absolute Gasteiger partial charge is 0.252 e. The number of fused-ring (bicyclic) bond motifs is 1. The zero-order valence-corrected chi connectivity index (χ0v) is 22.4. The molecule has 35 heavy (non-hydrogen) atoms. The SMILES string of the molecule is CSCCC(NS(=O)(=O)c1ccc2ccccc2c1)C(=O)N1CCN(S(=O)(=O)c2cccs2)CC1. The molecule has 1 fully saturated rings. The quantitative estimate of drug-likeness (QED) is 0.437. The Kier molecular flexibility index (Phi) is 8.19. The van der Waals surface area contributed by atoms with Gasteiger partial charge >= 0.3 is 0 Å². The number of piperazine rings is 1. The molecule has 0 spiro atoms. The van der Waals surface area contributed by atoms with Gasteiger partial charge in [-0.3, -0.25) is 4.79 Å². The zero-order chi connectivity index (χ0) is 25.1. The number of amides is 1. The first-order chi connectivity index (χ1) is 16.7. The molecule has 12 heteroatoms. The maximum atomic E-state index is 13.3. The summed E-state index contributed by atoms with van der Waals surface area (Å²) in [6.45, 7) is 0.741. The Morgan fingerprint density at radius 2 is 1.71 bits per heavy atom. The summed E-state index contributed by atoms with van der Waals surface area (Å²) in [5.74, 6) is 0.264. The molecular weight excluding hydrogens is 527 g/mol. The number of rotatable bonds is 9. The van der Waals surface area contributed by atoms with Gasteiger partial charge in [-0.1, -0.05) is 36.4 Å². The van der Waals surface area contributed by atoms with Crippen LogP contribution in [0.4, 0.5) is 0 Å². The third-order valence-corrected chi connectivity index (χ3v) is 11.3. The Bertz CT molecular complexity index is 1380. The van der Waals surface area contributed by atoms with E-state index in [1.165, 1.54) is 22.1 Å². The highest BCUT2D eigenvalue weighted by Crippen LogP contribution is 2.23. The summed E-state index contributed by atoms with van der Waals surface area (Å²) in [7, 11) is -7.53. The Balaban J connectivity index is 1.47. The molecule has 1 amide bonds. The van der Waals surface area contributed by atoms with Crippen LogP contribution < -0.4 is 4.72 Å². The topological polar surface area (TPSA) is 104 Å². The van der Waals surface area contributed by atoms with E-state index in [0.717, 1.165) is 22.1 Å². The predicted octanol–water partition coefficient (Wildman–Crippen LogP) is 2.83. The van der Waals surface area contributed by atoms with E-state index in [4.69, 9.17) is 0 Å². The molecule has 1 atom stereocenters. The maximum absolute atomic E-state index is 13.3. The minimum atomic E-state index is -3.94. The lowest BCUT2D eigenvalue weighted by atomic mass is 10.1. The highest BCUT2D eigenvalue weighted by Gasteiger charge is 2.34. The lowest BCUT2D eigenvalue weighted by Gasteiger charge is -2.35. The number of nitrogens with one attached hydrogen (secondary N) is 1. The molecule has 0 radical (unpaired) electrons. The Hall–Kier alpha value is -1.96. The highest BCUT2D eigenvalue weighted by atomic mass is 32.2. The fourth-order valence-electron chi connectivity index (χ4n) is 3.97. The first-order valence-electron chi connectivity index (χ1n) is 11.0. The summed E-state index contributed by atoms with van der Waals surface area (Å²) >= 11 is 2.69. The number of hydrogen-bond donors (Lipinski definition) is 1. The van der Waals surface area contributed by atoms with Crippen LogP contribution in [0.2, 0.25) is 0 Å². The molecule has 0 aliphatic carbocycles. The van der Waals surface area contributed by atoms with Crippen molar-refractivity contribution in [2.24, 2.45) is 0 Å². The number of benzene rings is 2. The minimum absolute atomic E-state index is 0.102. The van der Waals surface area contributed by atoms with Crippen molar-refractivity contribution < 1.29 is 21.6 Å². The second kappa shape index (κ2) is 11.0. The largest absolute Gasteiger partial charge is 0.339 e. The molecule has 1 aliphatic heterocycles. The predicted molar refractivity (Wildman–Crippen MR) is 141 cm³/mol. The molecule has 0 bridgehead atoms. The normalized spacial score (nSPS) is 16.4. The minimum Gasteiger partial charge on any atom is -0.339 e. The molecule has 1 aromatic heterocycles. The molecule has 1 saturated heterocycles. The lowest BCUT2D eigenvalue weighted by Crippen LogP contribution is -2.55. The van der Waals surface area contributed by atoms with Gasteiger partial charge < -0.3 is 4.90 Å². The van der Waals surface area contributed by atoms with Gasteiger partial charge in [0.05, 0.1) is 4.90 Å². The molecular formula is C23H27N3O5S4. The number of nitrogens with zero attached hydrogens (tertiary/aromatic N) is 2. The van der Waals surface area contributed by atoms with Crippen molar-refractivity contribution in [1.82, 2.24) is 13.9 Å². The Labute approximate surface area is 214 Å². The first kappa shape index (κ1) is 26.1. The standard InChI is InChI=1S/C23H27N3O5S4/c1-32-16-10-21(24-34(28,29)20-9-8-18-5-2-3-6-19(18)17-20)23(27)25-11-13-26(14-12-25)35(30,31)22-7-4-15-33-22/h2-9,15,17,21,24H,10-14,16H2,1H3. The monoisotopic (exact) mass is 553 g/mol. The summed E-state index contributed by atoms with van der Waals surface area (Å²) in [6, 6.07) is 14.7. The van der Waals surface area contributed by atoms with Crippen molar-refractivity contribution >= 4 is 59.8 Å². The van der Waals surface area contributed by atoms with E-state index in [0.29, 0.717) is 12.2 Å². The number of thioether (sulfide) groups is 1. The van der Waals surface area contributed by atoms with Crippen LogP contribution in [0.3, 0.4) is 0 Å². The van der Waals surface area contributed by atoms with Gasteiger partial charge in [0, 0.05) is 26.2 Å². The van der Waals surface area contributed by atoms with Crippen LogP contribution in [-0.2, 0) is 24.8 Å². The van der Waals surface area contributed by atoms with Crippen molar-refractivity contribution in [1.29, 1.82) is 0 Å². The first-order valence-corrected chi connectivity index (χ1v) is 16.2. The maximum Gasteiger partial charge on any atom is 0.252 e. The molecule has 0 saturated carbocycles. The van der Waals surface area contributed by atoms with Crippen molar-refractivity contribution in [3.05, 3.63) is 60.0 Å². The van der Waals surface area contributed by atoms with Crippen molar-refractivity contribution in [2.45, 2.75) is 21.6 Å². The van der Waals surface area contributed by atoms with Crippen LogP contribution in [0, 0.1) is 0 Å². The average molecular weight is 554 g/mol. The van der Waals surface area contributed by atoms with E-state index in [-0.39, 0.29) is 41.2 Å². The summed E-state index contributed by atoms with van der Waals surface area (Å²) in [5, 5.41) is 3.44. The van der Waals surface area contributed by atoms with E-state index >= 15 is 0 Å². The van der Waals surface area contributed by atoms with Crippen LogP contribution in [0.1, 0.15) is 6.42 Å². The van der Waals surface area contributed by atoms with Crippen LogP contribution in [0.15, 0.2) is 69.1 Å². The summed E-state index contributed by atoms with van der Waals surface area (Å²) in [6.07, 6.45) is 2.23. The van der Waals surface area contributed by atoms with Crippen molar-refractivity contribution in [3.8, 4) is 0 Å². The second-order valence-corrected chi connectivity index (χ2v) is 13.9. The van der Waals surface area contributed by atoms with Gasteiger partial charge in [0.25, 0.3) is 10.0 Å². The lowest BCUT2D eigenvalue weighted by molar-refractivity contribution is -0.134. The van der Waals surface area contributed by atoms with Gasteiger partial charge in [-0.15, -0.1) is 11.3 Å². The Morgan fingerprint density at radius 1 is 1.00 bits per heavy atom. The second-order valence-electron chi connectivity index (χ2n) is 8.13. The summed E-state index contributed by atoms with van der Waals surface area (Å²) < 4.78 is 56.2. The van der Waals surface area contributed by atoms with Crippen molar-refractivity contribution in [2.75, 3.05) is 38.2 Å². The number of carbonyl (C=O) groups excluding carboxylic acids is 1. The molecule has 3 aromatic rings. The molecule has 188 valence electrons. The van der Waals surface area contributed by atoms with E-state index in [9.17, 15) is 21.6 Å². The van der Waals surface area contributed by atoms with E-state index in [1.54, 1.807) is 34.5 Å². The number of sulfonamides is 2. The van der Waals surface area contributed by atoms with Gasteiger partial charge in [-0.2, -0.15) is 20.8 Å². The summed E-state index contributed by atoms with van der Waals surface area (Å²) in [5.41, 5.74) is 0. The van der Waals surface area contributed by atoms with Gasteiger partial charge in [0.15, 0.2) is 0 Å².